The van der Waals surface area contributed by atoms with Crippen LogP contribution in [0.1, 0.15) is 17.6 Å². The lowest BCUT2D eigenvalue weighted by Crippen LogP contribution is -1.89. The van der Waals surface area contributed by atoms with Crippen molar-refractivity contribution < 1.29 is 8.78 Å². The first-order valence-electron chi connectivity index (χ1n) is 4.02. The van der Waals surface area contributed by atoms with Crippen molar-refractivity contribution in [2.45, 2.75) is 12.3 Å². The maximum Gasteiger partial charge on any atom is 0.266 e. The van der Waals surface area contributed by atoms with Crippen LogP contribution in [0.5, 0.6) is 0 Å². The molecule has 0 saturated carbocycles. The summed E-state index contributed by atoms with van der Waals surface area (Å²) < 4.78 is 25.2. The Morgan fingerprint density at radius 1 is 1.43 bits per heavy atom. The summed E-state index contributed by atoms with van der Waals surface area (Å²) in [5, 5.41) is 0. The number of fused-ring (bicyclic) bond motifs is 1. The molecule has 1 aromatic heterocycles. The molecule has 1 heterocycles. The molecule has 2 aromatic rings. The highest BCUT2D eigenvalue weighted by atomic mass is 35.5. The Morgan fingerprint density at radius 3 is 2.86 bits per heavy atom. The van der Waals surface area contributed by atoms with Gasteiger partial charge in [-0.05, 0) is 17.7 Å². The van der Waals surface area contributed by atoms with Gasteiger partial charge in [0, 0.05) is 11.4 Å². The van der Waals surface area contributed by atoms with E-state index in [-0.39, 0.29) is 11.4 Å². The van der Waals surface area contributed by atoms with E-state index < -0.39 is 6.43 Å². The molecule has 0 fully saturated rings. The summed E-state index contributed by atoms with van der Waals surface area (Å²) in [4.78, 5) is 6.62. The number of benzene rings is 1. The van der Waals surface area contributed by atoms with Gasteiger partial charge in [-0.2, -0.15) is 0 Å². The fraction of sp³-hybridized carbons (Fsp3) is 0.222. The van der Waals surface area contributed by atoms with Gasteiger partial charge >= 0.3 is 0 Å². The summed E-state index contributed by atoms with van der Waals surface area (Å²) in [6.45, 7) is 0. The fourth-order valence-electron chi connectivity index (χ4n) is 1.38. The van der Waals surface area contributed by atoms with Crippen molar-refractivity contribution >= 4 is 22.6 Å². The third kappa shape index (κ3) is 1.46. The largest absolute Gasteiger partial charge is 0.345 e. The third-order valence-corrected chi connectivity index (χ3v) is 2.31. The number of nitrogens with zero attached hydrogens (tertiary/aromatic N) is 1. The zero-order valence-corrected chi connectivity index (χ0v) is 7.85. The first-order valence-corrected chi connectivity index (χ1v) is 4.56. The topological polar surface area (TPSA) is 28.7 Å². The first-order chi connectivity index (χ1) is 6.72. The molecule has 0 bridgehead atoms. The molecule has 0 unspecified atom stereocenters. The molecule has 0 aliphatic heterocycles. The van der Waals surface area contributed by atoms with Crippen molar-refractivity contribution in [2.75, 3.05) is 0 Å². The molecule has 5 heteroatoms. The summed E-state index contributed by atoms with van der Waals surface area (Å²) in [5.41, 5.74) is 1.51. The Kier molecular flexibility index (Phi) is 2.37. The zero-order valence-electron chi connectivity index (χ0n) is 7.10. The number of imidazole rings is 1. The minimum atomic E-state index is -2.52. The quantitative estimate of drug-likeness (QED) is 0.767. The molecule has 0 spiro atoms. The van der Waals surface area contributed by atoms with Crippen molar-refractivity contribution in [3.05, 3.63) is 29.6 Å². The first kappa shape index (κ1) is 9.40. The van der Waals surface area contributed by atoms with Crippen LogP contribution in [0.2, 0.25) is 0 Å². The van der Waals surface area contributed by atoms with Gasteiger partial charge < -0.3 is 4.98 Å². The molecule has 2 nitrogen and oxygen atoms in total. The van der Waals surface area contributed by atoms with Crippen LogP contribution in [0.15, 0.2) is 18.5 Å². The molecule has 14 heavy (non-hydrogen) atoms. The van der Waals surface area contributed by atoms with E-state index in [4.69, 9.17) is 11.6 Å². The Hall–Kier alpha value is -1.16. The zero-order chi connectivity index (χ0) is 10.1. The average Bonchev–Trinajstić information content (AvgIpc) is 2.63. The van der Waals surface area contributed by atoms with Gasteiger partial charge in [-0.1, -0.05) is 0 Å². The van der Waals surface area contributed by atoms with E-state index in [1.165, 1.54) is 12.4 Å². The molecule has 0 aliphatic rings. The third-order valence-electron chi connectivity index (χ3n) is 2.00. The second kappa shape index (κ2) is 3.53. The lowest BCUT2D eigenvalue weighted by atomic mass is 10.1. The monoisotopic (exact) mass is 216 g/mol. The SMILES string of the molecule is FC(F)c1cc(CCl)cc2[nH]cnc12. The summed E-state index contributed by atoms with van der Waals surface area (Å²) in [7, 11) is 0. The van der Waals surface area contributed by atoms with E-state index in [1.807, 2.05) is 0 Å². The van der Waals surface area contributed by atoms with Crippen molar-refractivity contribution in [1.29, 1.82) is 0 Å². The maximum absolute atomic E-state index is 12.6. The van der Waals surface area contributed by atoms with E-state index in [9.17, 15) is 8.78 Å². The molecule has 74 valence electrons. The minimum Gasteiger partial charge on any atom is -0.345 e. The maximum atomic E-state index is 12.6. The van der Waals surface area contributed by atoms with Crippen LogP contribution in [0.25, 0.3) is 11.0 Å². The number of aromatic nitrogens is 2. The van der Waals surface area contributed by atoms with Crippen molar-refractivity contribution in [2.24, 2.45) is 0 Å². The molecule has 2 rings (SSSR count). The predicted octanol–water partition coefficient (Wildman–Crippen LogP) is 3.24. The van der Waals surface area contributed by atoms with Crippen LogP contribution in [0.4, 0.5) is 8.78 Å². The number of halogens is 3. The van der Waals surface area contributed by atoms with Gasteiger partial charge in [0.1, 0.15) is 0 Å². The summed E-state index contributed by atoms with van der Waals surface area (Å²) in [5.74, 6) is 0.217. The van der Waals surface area contributed by atoms with Gasteiger partial charge in [-0.25, -0.2) is 13.8 Å². The number of hydrogen-bond donors (Lipinski definition) is 1. The number of nitrogens with one attached hydrogen (secondary N) is 1. The van der Waals surface area contributed by atoms with Crippen LogP contribution in [0, 0.1) is 0 Å². The molecular formula is C9H7ClF2N2. The smallest absolute Gasteiger partial charge is 0.266 e. The van der Waals surface area contributed by atoms with Gasteiger partial charge in [-0.3, -0.25) is 0 Å². The van der Waals surface area contributed by atoms with Crippen LogP contribution in [0.3, 0.4) is 0 Å². The molecule has 1 aromatic carbocycles. The normalized spacial score (nSPS) is 11.4. The van der Waals surface area contributed by atoms with Crippen LogP contribution >= 0.6 is 11.6 Å². The summed E-state index contributed by atoms with van der Waals surface area (Å²) >= 11 is 5.59. The summed E-state index contributed by atoms with van der Waals surface area (Å²) in [6.07, 6.45) is -1.13. The van der Waals surface area contributed by atoms with E-state index in [0.717, 1.165) is 0 Å². The number of hydrogen-bond acceptors (Lipinski definition) is 1. The van der Waals surface area contributed by atoms with E-state index in [0.29, 0.717) is 16.6 Å². The van der Waals surface area contributed by atoms with E-state index in [1.54, 1.807) is 6.07 Å². The predicted molar refractivity (Wildman–Crippen MR) is 50.6 cm³/mol. The van der Waals surface area contributed by atoms with E-state index in [2.05, 4.69) is 9.97 Å². The highest BCUT2D eigenvalue weighted by Gasteiger charge is 2.14. The molecular weight excluding hydrogens is 210 g/mol. The average molecular weight is 217 g/mol. The van der Waals surface area contributed by atoms with Crippen molar-refractivity contribution in [1.82, 2.24) is 9.97 Å². The Morgan fingerprint density at radius 2 is 2.21 bits per heavy atom. The second-order valence-corrected chi connectivity index (χ2v) is 3.19. The minimum absolute atomic E-state index is 0.0700. The molecule has 0 amide bonds. The van der Waals surface area contributed by atoms with E-state index >= 15 is 0 Å². The fourth-order valence-corrected chi connectivity index (χ4v) is 1.54. The molecule has 0 radical (unpaired) electrons. The highest BCUT2D eigenvalue weighted by molar-refractivity contribution is 6.17. The number of aromatic amines is 1. The lowest BCUT2D eigenvalue weighted by molar-refractivity contribution is 0.153. The Balaban J connectivity index is 2.70. The standard InChI is InChI=1S/C9H7ClF2N2/c10-3-5-1-6(9(11)12)8-7(2-5)13-4-14-8/h1-2,4,9H,3H2,(H,13,14). The number of alkyl halides is 3. The summed E-state index contributed by atoms with van der Waals surface area (Å²) in [6, 6.07) is 3.11. The van der Waals surface area contributed by atoms with Gasteiger partial charge in [0.25, 0.3) is 6.43 Å². The Bertz CT molecular complexity index is 453. The number of rotatable bonds is 2. The van der Waals surface area contributed by atoms with Crippen LogP contribution in [-0.2, 0) is 5.88 Å². The van der Waals surface area contributed by atoms with Crippen LogP contribution in [-0.4, -0.2) is 9.97 Å². The molecule has 1 N–H and O–H groups in total. The Labute approximate surface area is 83.9 Å². The van der Waals surface area contributed by atoms with Gasteiger partial charge in [-0.15, -0.1) is 11.6 Å². The molecule has 0 saturated heterocycles. The second-order valence-electron chi connectivity index (χ2n) is 2.92. The van der Waals surface area contributed by atoms with Crippen molar-refractivity contribution in [3.8, 4) is 0 Å². The molecule has 0 atom stereocenters. The van der Waals surface area contributed by atoms with Gasteiger partial charge in [0.15, 0.2) is 0 Å². The van der Waals surface area contributed by atoms with Crippen LogP contribution < -0.4 is 0 Å². The lowest BCUT2D eigenvalue weighted by Gasteiger charge is -2.03. The van der Waals surface area contributed by atoms with Gasteiger partial charge in [0.05, 0.1) is 17.4 Å². The number of H-pyrrole nitrogens is 1. The highest BCUT2D eigenvalue weighted by Crippen LogP contribution is 2.27. The van der Waals surface area contributed by atoms with Gasteiger partial charge in [0.2, 0.25) is 0 Å². The van der Waals surface area contributed by atoms with Crippen molar-refractivity contribution in [3.63, 3.8) is 0 Å². The molecule has 0 aliphatic carbocycles.